The molecule has 30 heavy (non-hydrogen) atoms. The first-order chi connectivity index (χ1) is 13.9. The van der Waals surface area contributed by atoms with E-state index in [0.29, 0.717) is 29.5 Å². The molecule has 3 rings (SSSR count). The Kier molecular flexibility index (Phi) is 6.28. The number of fused-ring (bicyclic) bond motifs is 1. The van der Waals surface area contributed by atoms with Crippen LogP contribution in [0.2, 0.25) is 5.02 Å². The maximum Gasteiger partial charge on any atom is 0.234 e. The molecule has 166 valence electrons. The molecule has 1 N–H and O–H groups in total. The van der Waals surface area contributed by atoms with Gasteiger partial charge in [0.25, 0.3) is 0 Å². The third kappa shape index (κ3) is 3.99. The summed E-state index contributed by atoms with van der Waals surface area (Å²) in [5.41, 5.74) is 0.0673. The monoisotopic (exact) mass is 433 g/mol. The van der Waals surface area contributed by atoms with Crippen molar-refractivity contribution in [2.75, 3.05) is 0 Å². The van der Waals surface area contributed by atoms with E-state index in [2.05, 4.69) is 20.8 Å². The van der Waals surface area contributed by atoms with Crippen molar-refractivity contribution >= 4 is 28.4 Å². The summed E-state index contributed by atoms with van der Waals surface area (Å²) in [5, 5.41) is 17.2. The largest absolute Gasteiger partial charge is 0.390 e. The molecule has 3 atom stereocenters. The number of nitrogens with zero attached hydrogens (tertiary/aromatic N) is 3. The maximum absolute atomic E-state index is 14.0. The van der Waals surface area contributed by atoms with Crippen molar-refractivity contribution in [3.8, 4) is 0 Å². The van der Waals surface area contributed by atoms with Crippen LogP contribution in [0.4, 0.5) is 0 Å². The van der Waals surface area contributed by atoms with Crippen LogP contribution in [0, 0.1) is 5.92 Å². The van der Waals surface area contributed by atoms with Crippen molar-refractivity contribution < 1.29 is 9.90 Å². The van der Waals surface area contributed by atoms with E-state index in [0.717, 1.165) is 23.7 Å². The average molecular weight is 434 g/mol. The summed E-state index contributed by atoms with van der Waals surface area (Å²) in [6, 6.07) is 5.76. The minimum absolute atomic E-state index is 0.0101. The molecule has 2 aromatic rings. The lowest BCUT2D eigenvalue weighted by Crippen LogP contribution is -2.56. The zero-order valence-corrected chi connectivity index (χ0v) is 20.1. The van der Waals surface area contributed by atoms with Crippen molar-refractivity contribution in [2.24, 2.45) is 13.0 Å². The van der Waals surface area contributed by atoms with Crippen LogP contribution in [0.3, 0.4) is 0 Å². The van der Waals surface area contributed by atoms with Crippen LogP contribution in [0.1, 0.15) is 72.9 Å². The van der Waals surface area contributed by atoms with Crippen molar-refractivity contribution in [1.82, 2.24) is 14.7 Å². The molecule has 1 amide bonds. The van der Waals surface area contributed by atoms with Gasteiger partial charge in [-0.2, -0.15) is 5.10 Å². The molecule has 1 saturated carbocycles. The molecule has 0 radical (unpaired) electrons. The van der Waals surface area contributed by atoms with E-state index in [1.807, 2.05) is 50.9 Å². The zero-order chi connectivity index (χ0) is 22.4. The van der Waals surface area contributed by atoms with Gasteiger partial charge in [0, 0.05) is 24.5 Å². The highest BCUT2D eigenvalue weighted by atomic mass is 35.5. The first-order valence-electron chi connectivity index (χ1n) is 11.1. The highest BCUT2D eigenvalue weighted by molar-refractivity contribution is 6.35. The number of aryl methyl sites for hydroxylation is 1. The fraction of sp³-hybridized carbons (Fsp3) is 0.667. The van der Waals surface area contributed by atoms with Crippen molar-refractivity contribution in [3.05, 3.63) is 28.9 Å². The highest BCUT2D eigenvalue weighted by Crippen LogP contribution is 2.40. The van der Waals surface area contributed by atoms with Gasteiger partial charge in [0.1, 0.15) is 0 Å². The smallest absolute Gasteiger partial charge is 0.234 e. The second-order valence-corrected chi connectivity index (χ2v) is 10.4. The van der Waals surface area contributed by atoms with Crippen LogP contribution < -0.4 is 0 Å². The number of benzene rings is 1. The average Bonchev–Trinajstić information content (AvgIpc) is 3.00. The number of hydrogen-bond acceptors (Lipinski definition) is 3. The molecule has 1 aromatic heterocycles. The molecule has 1 aliphatic carbocycles. The second kappa shape index (κ2) is 8.16. The van der Waals surface area contributed by atoms with Gasteiger partial charge in [-0.3, -0.25) is 9.48 Å². The van der Waals surface area contributed by atoms with Gasteiger partial charge in [-0.05, 0) is 71.4 Å². The van der Waals surface area contributed by atoms with E-state index in [9.17, 15) is 9.90 Å². The molecule has 0 spiro atoms. The molecule has 1 aromatic carbocycles. The minimum atomic E-state index is -0.847. The Morgan fingerprint density at radius 1 is 1.40 bits per heavy atom. The van der Waals surface area contributed by atoms with E-state index in [1.54, 1.807) is 4.68 Å². The van der Waals surface area contributed by atoms with Crippen LogP contribution in [0.5, 0.6) is 0 Å². The molecule has 1 fully saturated rings. The van der Waals surface area contributed by atoms with Crippen LogP contribution in [-0.2, 0) is 17.3 Å². The van der Waals surface area contributed by atoms with Gasteiger partial charge >= 0.3 is 0 Å². The van der Waals surface area contributed by atoms with E-state index in [4.69, 9.17) is 16.7 Å². The fourth-order valence-corrected chi connectivity index (χ4v) is 5.52. The summed E-state index contributed by atoms with van der Waals surface area (Å²) in [7, 11) is 1.88. The third-order valence-corrected chi connectivity index (χ3v) is 7.13. The van der Waals surface area contributed by atoms with Crippen molar-refractivity contribution in [1.29, 1.82) is 0 Å². The standard InChI is InChI=1S/C24H36ClN3O2/c1-8-24(30)13-16(4)12-17(14-24)28(15(2)3)22(29)23(5,6)21-20-18(25)10-9-11-19(20)27(7)26-21/h9-11,15-17,30H,8,12-14H2,1-7H3. The normalized spacial score (nSPS) is 25.1. The Balaban J connectivity index is 2.04. The molecule has 0 saturated heterocycles. The van der Waals surface area contributed by atoms with Crippen molar-refractivity contribution in [3.63, 3.8) is 0 Å². The Labute approximate surface area is 185 Å². The number of carbonyl (C=O) groups excluding carboxylic acids is 1. The Morgan fingerprint density at radius 2 is 2.07 bits per heavy atom. The second-order valence-electron chi connectivity index (χ2n) is 10.0. The lowest BCUT2D eigenvalue weighted by molar-refractivity contribution is -0.145. The SMILES string of the molecule is CCC1(O)CC(C)CC(N(C(=O)C(C)(C)c2nn(C)c3cccc(Cl)c23)C(C)C)C1. The van der Waals surface area contributed by atoms with E-state index >= 15 is 0 Å². The van der Waals surface area contributed by atoms with Gasteiger partial charge in [-0.15, -0.1) is 0 Å². The predicted octanol–water partition coefficient (Wildman–Crippen LogP) is 5.07. The molecule has 6 heteroatoms. The molecule has 1 heterocycles. The zero-order valence-electron chi connectivity index (χ0n) is 19.4. The number of halogens is 1. The van der Waals surface area contributed by atoms with Gasteiger partial charge < -0.3 is 10.0 Å². The van der Waals surface area contributed by atoms with E-state index in [-0.39, 0.29) is 18.0 Å². The number of carbonyl (C=O) groups is 1. The van der Waals surface area contributed by atoms with Crippen LogP contribution in [0.15, 0.2) is 18.2 Å². The van der Waals surface area contributed by atoms with Gasteiger partial charge in [0.2, 0.25) is 5.91 Å². The Bertz CT molecular complexity index is 936. The number of hydrogen-bond donors (Lipinski definition) is 1. The third-order valence-electron chi connectivity index (χ3n) is 6.81. The highest BCUT2D eigenvalue weighted by Gasteiger charge is 2.45. The number of amides is 1. The summed E-state index contributed by atoms with van der Waals surface area (Å²) >= 11 is 6.54. The number of aliphatic hydroxyl groups is 1. The predicted molar refractivity (Wildman–Crippen MR) is 123 cm³/mol. The number of rotatable bonds is 5. The first-order valence-corrected chi connectivity index (χ1v) is 11.5. The molecular weight excluding hydrogens is 398 g/mol. The Hall–Kier alpha value is -1.59. The van der Waals surface area contributed by atoms with Gasteiger partial charge in [0.05, 0.1) is 27.2 Å². The van der Waals surface area contributed by atoms with Gasteiger partial charge in [-0.1, -0.05) is 31.5 Å². The molecule has 0 aliphatic heterocycles. The fourth-order valence-electron chi connectivity index (χ4n) is 5.26. The molecule has 0 bridgehead atoms. The molecule has 1 aliphatic rings. The summed E-state index contributed by atoms with van der Waals surface area (Å²) in [6.45, 7) is 12.2. The summed E-state index contributed by atoms with van der Waals surface area (Å²) in [6.07, 6.45) is 3.03. The van der Waals surface area contributed by atoms with Crippen LogP contribution in [-0.4, -0.2) is 43.4 Å². The van der Waals surface area contributed by atoms with Crippen molar-refractivity contribution in [2.45, 2.75) is 90.3 Å². The minimum Gasteiger partial charge on any atom is -0.390 e. The van der Waals surface area contributed by atoms with E-state index in [1.165, 1.54) is 0 Å². The first kappa shape index (κ1) is 23.1. The van der Waals surface area contributed by atoms with Crippen LogP contribution in [0.25, 0.3) is 10.9 Å². The lowest BCUT2D eigenvalue weighted by atomic mass is 9.73. The van der Waals surface area contributed by atoms with Gasteiger partial charge in [0.15, 0.2) is 0 Å². The molecule has 3 unspecified atom stereocenters. The summed E-state index contributed by atoms with van der Waals surface area (Å²) in [5.74, 6) is 0.408. The van der Waals surface area contributed by atoms with Gasteiger partial charge in [-0.25, -0.2) is 0 Å². The van der Waals surface area contributed by atoms with E-state index < -0.39 is 11.0 Å². The quantitative estimate of drug-likeness (QED) is 0.715. The maximum atomic E-state index is 14.0. The summed E-state index contributed by atoms with van der Waals surface area (Å²) in [4.78, 5) is 16.0. The lowest BCUT2D eigenvalue weighted by Gasteiger charge is -2.47. The molecule has 5 nitrogen and oxygen atoms in total. The Morgan fingerprint density at radius 3 is 2.67 bits per heavy atom. The molecular formula is C24H36ClN3O2. The topological polar surface area (TPSA) is 58.4 Å². The number of aromatic nitrogens is 2. The van der Waals surface area contributed by atoms with Crippen LogP contribution >= 0.6 is 11.6 Å². The summed E-state index contributed by atoms with van der Waals surface area (Å²) < 4.78 is 1.80.